The van der Waals surface area contributed by atoms with Gasteiger partial charge in [-0.1, -0.05) is 40.3 Å². The molecule has 3 saturated carbocycles. The Hall–Kier alpha value is 0.180. The molecular formula is C23H44O3S4. The summed E-state index contributed by atoms with van der Waals surface area (Å²) in [6.07, 6.45) is 10.8. The lowest BCUT2D eigenvalue weighted by molar-refractivity contribution is -0.132. The van der Waals surface area contributed by atoms with Gasteiger partial charge in [-0.15, -0.1) is 0 Å². The van der Waals surface area contributed by atoms with E-state index in [1.54, 1.807) is 13.2 Å². The maximum absolute atomic E-state index is 12.5. The third-order valence-corrected chi connectivity index (χ3v) is 7.79. The molecule has 0 N–H and O–H groups in total. The number of ether oxygens (including phenoxy) is 1. The first-order valence-corrected chi connectivity index (χ1v) is 9.37. The molecule has 4 rings (SSSR count). The fourth-order valence-electron chi connectivity index (χ4n) is 6.55. The SMILES string of the molecule is C.C.COC[C@H]1C[C@@H]2[C@H](CC[C@]3(C)C(=O)CC[C@@H]23)[C@@]2(C)C=CC(=O)C=C12.S.S.S.S. The number of allylic oxidation sites excluding steroid dienone is 3. The van der Waals surface area contributed by atoms with Gasteiger partial charge in [0.05, 0.1) is 6.61 Å². The highest BCUT2D eigenvalue weighted by molar-refractivity contribution is 7.59. The molecule has 7 heteroatoms. The van der Waals surface area contributed by atoms with Crippen molar-refractivity contribution >= 4 is 65.5 Å². The van der Waals surface area contributed by atoms with Crippen LogP contribution in [0.25, 0.3) is 0 Å². The summed E-state index contributed by atoms with van der Waals surface area (Å²) in [5, 5.41) is 0. The quantitative estimate of drug-likeness (QED) is 0.510. The predicted octanol–water partition coefficient (Wildman–Crippen LogP) is 5.46. The molecule has 0 aromatic rings. The zero-order valence-corrected chi connectivity index (χ0v) is 21.0. The molecule has 3 fully saturated rings. The minimum absolute atomic E-state index is 0. The molecule has 4 aliphatic rings. The van der Waals surface area contributed by atoms with E-state index in [0.717, 1.165) is 32.1 Å². The summed E-state index contributed by atoms with van der Waals surface area (Å²) in [5.74, 6) is 2.51. The molecule has 3 nitrogen and oxygen atoms in total. The highest BCUT2D eigenvalue weighted by Gasteiger charge is 2.59. The Morgan fingerprint density at radius 2 is 1.67 bits per heavy atom. The van der Waals surface area contributed by atoms with Gasteiger partial charge in [0.2, 0.25) is 0 Å². The van der Waals surface area contributed by atoms with Gasteiger partial charge in [0.15, 0.2) is 5.78 Å². The van der Waals surface area contributed by atoms with Crippen LogP contribution in [0.15, 0.2) is 23.8 Å². The average molecular weight is 497 g/mol. The maximum Gasteiger partial charge on any atom is 0.178 e. The highest BCUT2D eigenvalue weighted by Crippen LogP contribution is 2.64. The van der Waals surface area contributed by atoms with E-state index in [0.29, 0.717) is 36.1 Å². The van der Waals surface area contributed by atoms with E-state index >= 15 is 0 Å². The summed E-state index contributed by atoms with van der Waals surface area (Å²) in [6.45, 7) is 5.19. The van der Waals surface area contributed by atoms with Gasteiger partial charge in [-0.25, -0.2) is 0 Å². The summed E-state index contributed by atoms with van der Waals surface area (Å²) in [5.41, 5.74) is 1.11. The highest BCUT2D eigenvalue weighted by atomic mass is 32.1. The van der Waals surface area contributed by atoms with Crippen molar-refractivity contribution in [1.82, 2.24) is 0 Å². The maximum atomic E-state index is 12.5. The molecule has 0 aliphatic heterocycles. The summed E-state index contributed by atoms with van der Waals surface area (Å²) in [7, 11) is 1.74. The summed E-state index contributed by atoms with van der Waals surface area (Å²) in [4.78, 5) is 24.5. The van der Waals surface area contributed by atoms with Crippen LogP contribution in [0.5, 0.6) is 0 Å². The molecule has 0 aromatic carbocycles. The molecule has 0 radical (unpaired) electrons. The van der Waals surface area contributed by atoms with E-state index < -0.39 is 0 Å². The molecule has 0 amide bonds. The lowest BCUT2D eigenvalue weighted by Gasteiger charge is -2.57. The van der Waals surface area contributed by atoms with Gasteiger partial charge in [0.25, 0.3) is 0 Å². The summed E-state index contributed by atoms with van der Waals surface area (Å²) >= 11 is 0. The minimum atomic E-state index is -0.107. The summed E-state index contributed by atoms with van der Waals surface area (Å²) in [6, 6.07) is 0. The molecule has 4 aliphatic carbocycles. The van der Waals surface area contributed by atoms with E-state index in [-0.39, 0.29) is 85.4 Å². The number of methoxy groups -OCH3 is 1. The third kappa shape index (κ3) is 5.05. The lowest BCUT2D eigenvalue weighted by atomic mass is 9.46. The Kier molecular flexibility index (Phi) is 14.4. The van der Waals surface area contributed by atoms with Gasteiger partial charge >= 0.3 is 0 Å². The minimum Gasteiger partial charge on any atom is -0.384 e. The third-order valence-electron chi connectivity index (χ3n) is 7.79. The standard InChI is InChI=1S/C21H28O3.2CH4.4H2S/c1-20-8-6-14(22)11-18(20)13(12-24-3)10-15-16-4-5-19(23)21(16,2)9-7-17(15)20;;;;;;/h6,8,11,13,15-17H,4-5,7,9-10,12H2,1-3H3;2*1H4;4*1H2/t13-,15+,16+,17+,20-,21+;;;;;;/m1....../s1. The normalized spacial score (nSPS) is 37.6. The number of hydrogen-bond donors (Lipinski definition) is 0. The molecule has 0 aromatic heterocycles. The number of carbonyl (C=O) groups is 2. The van der Waals surface area contributed by atoms with Crippen molar-refractivity contribution in [2.24, 2.45) is 34.5 Å². The van der Waals surface area contributed by atoms with Crippen molar-refractivity contribution in [3.8, 4) is 0 Å². The van der Waals surface area contributed by atoms with Gasteiger partial charge in [-0.3, -0.25) is 9.59 Å². The van der Waals surface area contributed by atoms with E-state index in [1.165, 1.54) is 5.57 Å². The van der Waals surface area contributed by atoms with Crippen molar-refractivity contribution in [2.75, 3.05) is 13.7 Å². The molecule has 0 bridgehead atoms. The topological polar surface area (TPSA) is 43.4 Å². The monoisotopic (exact) mass is 496 g/mol. The van der Waals surface area contributed by atoms with Crippen LogP contribution < -0.4 is 0 Å². The summed E-state index contributed by atoms with van der Waals surface area (Å²) < 4.78 is 5.50. The van der Waals surface area contributed by atoms with Crippen LogP contribution in [0.2, 0.25) is 0 Å². The van der Waals surface area contributed by atoms with E-state index in [4.69, 9.17) is 4.74 Å². The first-order valence-electron chi connectivity index (χ1n) is 9.37. The first-order chi connectivity index (χ1) is 11.4. The predicted molar refractivity (Wildman–Crippen MR) is 147 cm³/mol. The van der Waals surface area contributed by atoms with Crippen LogP contribution in [0.3, 0.4) is 0 Å². The number of hydrogen-bond acceptors (Lipinski definition) is 3. The fourth-order valence-corrected chi connectivity index (χ4v) is 6.55. The molecular weight excluding hydrogens is 453 g/mol. The van der Waals surface area contributed by atoms with Crippen molar-refractivity contribution < 1.29 is 14.3 Å². The van der Waals surface area contributed by atoms with Crippen LogP contribution >= 0.6 is 54.0 Å². The number of ketones is 2. The lowest BCUT2D eigenvalue weighted by Crippen LogP contribution is -2.52. The second-order valence-corrected chi connectivity index (χ2v) is 8.80. The second kappa shape index (κ2) is 12.4. The van der Waals surface area contributed by atoms with E-state index in [9.17, 15) is 9.59 Å². The van der Waals surface area contributed by atoms with Crippen molar-refractivity contribution in [2.45, 2.75) is 60.8 Å². The molecule has 0 unspecified atom stereocenters. The fraction of sp³-hybridized carbons (Fsp3) is 0.739. The van der Waals surface area contributed by atoms with Crippen LogP contribution in [0.1, 0.15) is 60.8 Å². The number of carbonyl (C=O) groups excluding carboxylic acids is 2. The Morgan fingerprint density at radius 3 is 2.27 bits per heavy atom. The van der Waals surface area contributed by atoms with Gasteiger partial charge in [0, 0.05) is 30.3 Å². The second-order valence-electron chi connectivity index (χ2n) is 8.80. The van der Waals surface area contributed by atoms with Gasteiger partial charge in [-0.05, 0) is 55.6 Å². The number of Topliss-reactive ketones (excluding diaryl/α,β-unsaturated/α-hetero) is 1. The molecule has 0 heterocycles. The first kappa shape index (κ1) is 34.8. The molecule has 6 atom stereocenters. The smallest absolute Gasteiger partial charge is 0.178 e. The van der Waals surface area contributed by atoms with Crippen LogP contribution in [0, 0.1) is 34.5 Å². The Morgan fingerprint density at radius 1 is 1.03 bits per heavy atom. The van der Waals surface area contributed by atoms with E-state index in [1.807, 2.05) is 6.08 Å². The molecule has 0 spiro atoms. The molecule has 0 saturated heterocycles. The molecule has 178 valence electrons. The van der Waals surface area contributed by atoms with Crippen LogP contribution in [-0.2, 0) is 14.3 Å². The number of rotatable bonds is 2. The van der Waals surface area contributed by atoms with Gasteiger partial charge in [-0.2, -0.15) is 54.0 Å². The Bertz CT molecular complexity index is 663. The van der Waals surface area contributed by atoms with Crippen molar-refractivity contribution in [1.29, 1.82) is 0 Å². The van der Waals surface area contributed by atoms with Crippen LogP contribution in [0.4, 0.5) is 0 Å². The molecule has 30 heavy (non-hydrogen) atoms. The number of fused-ring (bicyclic) bond motifs is 5. The Labute approximate surface area is 212 Å². The van der Waals surface area contributed by atoms with E-state index in [2.05, 4.69) is 19.9 Å². The average Bonchev–Trinajstić information content (AvgIpc) is 2.85. The van der Waals surface area contributed by atoms with Gasteiger partial charge < -0.3 is 4.74 Å². The zero-order valence-electron chi connectivity index (χ0n) is 17.0. The van der Waals surface area contributed by atoms with Crippen molar-refractivity contribution in [3.05, 3.63) is 23.8 Å². The zero-order chi connectivity index (χ0) is 17.1. The largest absolute Gasteiger partial charge is 0.384 e. The van der Waals surface area contributed by atoms with Gasteiger partial charge in [0.1, 0.15) is 5.78 Å². The van der Waals surface area contributed by atoms with Crippen LogP contribution in [-0.4, -0.2) is 25.3 Å². The van der Waals surface area contributed by atoms with Crippen molar-refractivity contribution in [3.63, 3.8) is 0 Å². The Balaban J connectivity index is -0.00000121.